The molecule has 2 N–H and O–H groups in total. The van der Waals surface area contributed by atoms with E-state index in [1.165, 1.54) is 37.0 Å². The molecule has 1 fully saturated rings. The van der Waals surface area contributed by atoms with Crippen molar-refractivity contribution in [2.24, 2.45) is 16.6 Å². The smallest absolute Gasteiger partial charge is 0.216 e. The number of guanidine groups is 1. The lowest BCUT2D eigenvalue weighted by Gasteiger charge is -2.32. The van der Waals surface area contributed by atoms with Crippen molar-refractivity contribution in [3.63, 3.8) is 0 Å². The predicted molar refractivity (Wildman–Crippen MR) is 102 cm³/mol. The van der Waals surface area contributed by atoms with E-state index in [2.05, 4.69) is 11.9 Å². The fraction of sp³-hybridized carbons (Fsp3) is 0.600. The first-order valence-corrected chi connectivity index (χ1v) is 9.15. The Bertz CT molecular complexity index is 596. The first-order chi connectivity index (χ1) is 11.9. The molecule has 1 amide bonds. The molecular weight excluding hydrogens is 314 g/mol. The fourth-order valence-electron chi connectivity index (χ4n) is 3.51. The SMILES string of the molecule is Cc1ccccc1OCC(C)(CC1CCCCC1)N=C(N)N(C)C=O. The molecule has 5 heteroatoms. The van der Waals surface area contributed by atoms with E-state index in [-0.39, 0.29) is 5.96 Å². The molecule has 1 saturated carbocycles. The monoisotopic (exact) mass is 345 g/mol. The number of aryl methyl sites for hydroxylation is 1. The third-order valence-corrected chi connectivity index (χ3v) is 4.99. The molecule has 0 aliphatic heterocycles. The second-order valence-corrected chi connectivity index (χ2v) is 7.45. The van der Waals surface area contributed by atoms with Gasteiger partial charge in [0.1, 0.15) is 12.4 Å². The third-order valence-electron chi connectivity index (χ3n) is 4.99. The van der Waals surface area contributed by atoms with E-state index in [1.54, 1.807) is 7.05 Å². The van der Waals surface area contributed by atoms with Crippen LogP contribution in [0.4, 0.5) is 0 Å². The molecule has 1 aromatic carbocycles. The zero-order valence-electron chi connectivity index (χ0n) is 15.7. The Balaban J connectivity index is 2.15. The number of carbonyl (C=O) groups excluding carboxylic acids is 1. The van der Waals surface area contributed by atoms with Crippen LogP contribution in [-0.4, -0.2) is 36.5 Å². The zero-order valence-corrected chi connectivity index (χ0v) is 15.7. The Labute approximate surface area is 151 Å². The molecule has 0 bridgehead atoms. The first-order valence-electron chi connectivity index (χ1n) is 9.15. The lowest BCUT2D eigenvalue weighted by Crippen LogP contribution is -2.41. The number of amides is 1. The average Bonchev–Trinajstić information content (AvgIpc) is 2.61. The Morgan fingerprint density at radius 3 is 2.68 bits per heavy atom. The number of benzene rings is 1. The van der Waals surface area contributed by atoms with Crippen LogP contribution >= 0.6 is 0 Å². The Hall–Kier alpha value is -2.04. The minimum atomic E-state index is -0.453. The van der Waals surface area contributed by atoms with Gasteiger partial charge in [0.05, 0.1) is 5.54 Å². The van der Waals surface area contributed by atoms with Crippen molar-refractivity contribution < 1.29 is 9.53 Å². The standard InChI is InChI=1S/C20H31N3O2/c1-16-9-7-8-12-18(16)25-14-20(2,22-19(21)23(3)15-24)13-17-10-5-4-6-11-17/h7-9,12,15,17H,4-6,10-11,13-14H2,1-3H3,(H2,21,22). The quantitative estimate of drug-likeness (QED) is 0.467. The van der Waals surface area contributed by atoms with Crippen LogP contribution in [0.15, 0.2) is 29.3 Å². The Morgan fingerprint density at radius 2 is 2.04 bits per heavy atom. The summed E-state index contributed by atoms with van der Waals surface area (Å²) in [4.78, 5) is 17.0. The predicted octanol–water partition coefficient (Wildman–Crippen LogP) is 3.51. The molecule has 25 heavy (non-hydrogen) atoms. The molecule has 0 radical (unpaired) electrons. The number of carbonyl (C=O) groups is 1. The van der Waals surface area contributed by atoms with Crippen molar-refractivity contribution in [2.75, 3.05) is 13.7 Å². The van der Waals surface area contributed by atoms with Crippen LogP contribution in [0, 0.1) is 12.8 Å². The summed E-state index contributed by atoms with van der Waals surface area (Å²) in [5.41, 5.74) is 6.66. The number of ether oxygens (including phenoxy) is 1. The van der Waals surface area contributed by atoms with E-state index < -0.39 is 5.54 Å². The molecule has 1 aliphatic rings. The summed E-state index contributed by atoms with van der Waals surface area (Å²) < 4.78 is 6.09. The molecule has 1 atom stereocenters. The van der Waals surface area contributed by atoms with E-state index in [0.717, 1.165) is 17.7 Å². The average molecular weight is 345 g/mol. The molecular formula is C20H31N3O2. The number of hydrogen-bond acceptors (Lipinski definition) is 3. The van der Waals surface area contributed by atoms with Crippen molar-refractivity contribution in [3.8, 4) is 5.75 Å². The van der Waals surface area contributed by atoms with Gasteiger partial charge in [-0.1, -0.05) is 50.3 Å². The second-order valence-electron chi connectivity index (χ2n) is 7.45. The van der Waals surface area contributed by atoms with Gasteiger partial charge in [-0.15, -0.1) is 0 Å². The minimum Gasteiger partial charge on any atom is -0.491 e. The highest BCUT2D eigenvalue weighted by atomic mass is 16.5. The second kappa shape index (κ2) is 8.88. The zero-order chi connectivity index (χ0) is 18.3. The summed E-state index contributed by atoms with van der Waals surface area (Å²) in [5.74, 6) is 1.74. The molecule has 5 nitrogen and oxygen atoms in total. The molecule has 1 aliphatic carbocycles. The number of nitrogens with zero attached hydrogens (tertiary/aromatic N) is 2. The number of rotatable bonds is 7. The summed E-state index contributed by atoms with van der Waals surface area (Å²) in [6.45, 7) is 4.55. The molecule has 0 aromatic heterocycles. The normalized spacial score (nSPS) is 18.4. The molecule has 1 unspecified atom stereocenters. The highest BCUT2D eigenvalue weighted by Gasteiger charge is 2.30. The van der Waals surface area contributed by atoms with E-state index in [1.807, 2.05) is 31.2 Å². The van der Waals surface area contributed by atoms with Crippen molar-refractivity contribution in [3.05, 3.63) is 29.8 Å². The van der Waals surface area contributed by atoms with Gasteiger partial charge < -0.3 is 10.5 Å². The van der Waals surface area contributed by atoms with Crippen LogP contribution in [0.2, 0.25) is 0 Å². The summed E-state index contributed by atoms with van der Waals surface area (Å²) in [6, 6.07) is 7.98. The maximum Gasteiger partial charge on any atom is 0.216 e. The van der Waals surface area contributed by atoms with Crippen LogP contribution in [0.3, 0.4) is 0 Å². The van der Waals surface area contributed by atoms with Gasteiger partial charge >= 0.3 is 0 Å². The van der Waals surface area contributed by atoms with Crippen molar-refractivity contribution >= 4 is 12.4 Å². The molecule has 138 valence electrons. The van der Waals surface area contributed by atoms with E-state index in [9.17, 15) is 4.79 Å². The van der Waals surface area contributed by atoms with Crippen molar-refractivity contribution in [1.82, 2.24) is 4.90 Å². The minimum absolute atomic E-state index is 0.238. The summed E-state index contributed by atoms with van der Waals surface area (Å²) >= 11 is 0. The lowest BCUT2D eigenvalue weighted by molar-refractivity contribution is -0.114. The number of aliphatic imine (C=N–C) groups is 1. The van der Waals surface area contributed by atoms with Gasteiger partial charge in [-0.2, -0.15) is 0 Å². The largest absolute Gasteiger partial charge is 0.491 e. The highest BCUT2D eigenvalue weighted by molar-refractivity contribution is 5.87. The van der Waals surface area contributed by atoms with E-state index in [0.29, 0.717) is 18.9 Å². The van der Waals surface area contributed by atoms with Crippen LogP contribution in [0.1, 0.15) is 51.0 Å². The van der Waals surface area contributed by atoms with Crippen LogP contribution < -0.4 is 10.5 Å². The van der Waals surface area contributed by atoms with Gasteiger partial charge in [-0.05, 0) is 37.8 Å². The van der Waals surface area contributed by atoms with Crippen molar-refractivity contribution in [1.29, 1.82) is 0 Å². The highest BCUT2D eigenvalue weighted by Crippen LogP contribution is 2.33. The van der Waals surface area contributed by atoms with Gasteiger partial charge in [0.25, 0.3) is 0 Å². The van der Waals surface area contributed by atoms with Gasteiger partial charge in [0.15, 0.2) is 5.96 Å². The molecule has 0 heterocycles. The maximum atomic E-state index is 11.0. The topological polar surface area (TPSA) is 67.9 Å². The summed E-state index contributed by atoms with van der Waals surface area (Å²) in [7, 11) is 1.62. The number of para-hydroxylation sites is 1. The van der Waals surface area contributed by atoms with E-state index >= 15 is 0 Å². The van der Waals surface area contributed by atoms with Crippen molar-refractivity contribution in [2.45, 2.75) is 57.9 Å². The molecule has 0 spiro atoms. The molecule has 2 rings (SSSR count). The molecule has 1 aromatic rings. The third kappa shape index (κ3) is 5.76. The fourth-order valence-corrected chi connectivity index (χ4v) is 3.51. The lowest BCUT2D eigenvalue weighted by atomic mass is 9.80. The number of hydrogen-bond donors (Lipinski definition) is 1. The van der Waals surface area contributed by atoms with Gasteiger partial charge in [0, 0.05) is 7.05 Å². The van der Waals surface area contributed by atoms with Gasteiger partial charge in [0.2, 0.25) is 6.41 Å². The van der Waals surface area contributed by atoms with Crippen LogP contribution in [0.25, 0.3) is 0 Å². The van der Waals surface area contributed by atoms with Crippen LogP contribution in [-0.2, 0) is 4.79 Å². The Kier molecular flexibility index (Phi) is 6.85. The molecule has 0 saturated heterocycles. The van der Waals surface area contributed by atoms with Gasteiger partial charge in [-0.3, -0.25) is 9.69 Å². The summed E-state index contributed by atoms with van der Waals surface area (Å²) in [5, 5.41) is 0. The first kappa shape index (κ1) is 19.3. The maximum absolute atomic E-state index is 11.0. The van der Waals surface area contributed by atoms with Gasteiger partial charge in [-0.25, -0.2) is 4.99 Å². The Morgan fingerprint density at radius 1 is 1.36 bits per heavy atom. The van der Waals surface area contributed by atoms with Crippen LogP contribution in [0.5, 0.6) is 5.75 Å². The summed E-state index contributed by atoms with van der Waals surface area (Å²) in [6.07, 6.45) is 7.97. The van der Waals surface area contributed by atoms with E-state index in [4.69, 9.17) is 10.5 Å². The number of nitrogens with two attached hydrogens (primary N) is 1.